The van der Waals surface area contributed by atoms with Gasteiger partial charge in [-0.25, -0.2) is 0 Å². The molecule has 2 aromatic rings. The summed E-state index contributed by atoms with van der Waals surface area (Å²) in [4.78, 5) is 18.8. The highest BCUT2D eigenvalue weighted by Gasteiger charge is 2.32. The van der Waals surface area contributed by atoms with E-state index in [9.17, 15) is 4.79 Å². The molecule has 0 bridgehead atoms. The molecule has 5 nitrogen and oxygen atoms in total. The molecular weight excluding hydrogens is 302 g/mol. The molecule has 0 saturated carbocycles. The number of likely N-dealkylation sites (tertiary alicyclic amines) is 1. The summed E-state index contributed by atoms with van der Waals surface area (Å²) in [6, 6.07) is 10.1. The maximum absolute atomic E-state index is 12.5. The van der Waals surface area contributed by atoms with E-state index in [2.05, 4.69) is 34.4 Å². The predicted molar refractivity (Wildman–Crippen MR) is 92.1 cm³/mol. The lowest BCUT2D eigenvalue weighted by atomic mass is 10.1. The highest BCUT2D eigenvalue weighted by Crippen LogP contribution is 2.30. The van der Waals surface area contributed by atoms with Crippen molar-refractivity contribution < 1.29 is 9.32 Å². The van der Waals surface area contributed by atoms with Gasteiger partial charge in [0.15, 0.2) is 5.82 Å². The summed E-state index contributed by atoms with van der Waals surface area (Å²) in [5, 5.41) is 4.04. The van der Waals surface area contributed by atoms with Gasteiger partial charge in [-0.05, 0) is 24.8 Å². The zero-order valence-corrected chi connectivity index (χ0v) is 14.0. The Morgan fingerprint density at radius 3 is 2.96 bits per heavy atom. The molecular formula is C19H23N3O2. The summed E-state index contributed by atoms with van der Waals surface area (Å²) in [7, 11) is 0. The molecule has 0 aliphatic carbocycles. The van der Waals surface area contributed by atoms with Crippen molar-refractivity contribution in [2.75, 3.05) is 6.54 Å². The van der Waals surface area contributed by atoms with E-state index in [1.165, 1.54) is 0 Å². The van der Waals surface area contributed by atoms with Crippen LogP contribution in [0.5, 0.6) is 0 Å². The average molecular weight is 325 g/mol. The first-order valence-electron chi connectivity index (χ1n) is 8.61. The standard InChI is InChI=1S/C19H23N3O2/c1-2-17-20-19(21-24-17)16-12-8-14-22(16)18(23)13-7-6-11-15-9-4-3-5-10-15/h3-6,9-11,16H,2,7-8,12-14H2,1H3/b11-6-/t16-/m0/s1. The van der Waals surface area contributed by atoms with Crippen LogP contribution in [-0.4, -0.2) is 27.5 Å². The topological polar surface area (TPSA) is 59.2 Å². The third-order valence-electron chi connectivity index (χ3n) is 4.29. The van der Waals surface area contributed by atoms with E-state index < -0.39 is 0 Å². The number of aromatic nitrogens is 2. The van der Waals surface area contributed by atoms with Gasteiger partial charge in [0.1, 0.15) is 0 Å². The maximum Gasteiger partial charge on any atom is 0.226 e. The molecule has 0 N–H and O–H groups in total. The highest BCUT2D eigenvalue weighted by atomic mass is 16.5. The number of hydrogen-bond donors (Lipinski definition) is 0. The average Bonchev–Trinajstić information content (AvgIpc) is 3.28. The lowest BCUT2D eigenvalue weighted by molar-refractivity contribution is -0.132. The van der Waals surface area contributed by atoms with Gasteiger partial charge in [0.2, 0.25) is 11.8 Å². The van der Waals surface area contributed by atoms with Crippen LogP contribution in [0.2, 0.25) is 0 Å². The lowest BCUT2D eigenvalue weighted by Crippen LogP contribution is -2.30. The monoisotopic (exact) mass is 325 g/mol. The van der Waals surface area contributed by atoms with E-state index in [1.807, 2.05) is 30.0 Å². The highest BCUT2D eigenvalue weighted by molar-refractivity contribution is 5.77. The van der Waals surface area contributed by atoms with E-state index >= 15 is 0 Å². The molecule has 1 aliphatic rings. The van der Waals surface area contributed by atoms with Crippen LogP contribution in [0.15, 0.2) is 40.9 Å². The van der Waals surface area contributed by atoms with Crippen LogP contribution in [0, 0.1) is 0 Å². The number of nitrogens with zero attached hydrogens (tertiary/aromatic N) is 3. The van der Waals surface area contributed by atoms with Gasteiger partial charge >= 0.3 is 0 Å². The number of amides is 1. The molecule has 1 aliphatic heterocycles. The van der Waals surface area contributed by atoms with Gasteiger partial charge < -0.3 is 9.42 Å². The molecule has 5 heteroatoms. The summed E-state index contributed by atoms with van der Waals surface area (Å²) in [5.74, 6) is 1.45. The third kappa shape index (κ3) is 3.91. The van der Waals surface area contributed by atoms with Crippen molar-refractivity contribution in [1.82, 2.24) is 15.0 Å². The summed E-state index contributed by atoms with van der Waals surface area (Å²) < 4.78 is 5.19. The van der Waals surface area contributed by atoms with Crippen molar-refractivity contribution in [3.8, 4) is 0 Å². The largest absolute Gasteiger partial charge is 0.339 e. The molecule has 3 rings (SSSR count). The zero-order chi connectivity index (χ0) is 16.8. The predicted octanol–water partition coefficient (Wildman–Crippen LogP) is 3.79. The van der Waals surface area contributed by atoms with Gasteiger partial charge in [-0.3, -0.25) is 4.79 Å². The molecule has 24 heavy (non-hydrogen) atoms. The minimum absolute atomic E-state index is 0.0281. The smallest absolute Gasteiger partial charge is 0.226 e. The number of allylic oxidation sites excluding steroid dienone is 1. The fraction of sp³-hybridized carbons (Fsp3) is 0.421. The molecule has 1 amide bonds. The summed E-state index contributed by atoms with van der Waals surface area (Å²) >= 11 is 0. The Labute approximate surface area is 142 Å². The van der Waals surface area contributed by atoms with Crippen molar-refractivity contribution in [1.29, 1.82) is 0 Å². The lowest BCUT2D eigenvalue weighted by Gasteiger charge is -2.21. The normalized spacial score (nSPS) is 17.7. The molecule has 0 radical (unpaired) electrons. The van der Waals surface area contributed by atoms with Crippen molar-refractivity contribution in [3.05, 3.63) is 53.7 Å². The fourth-order valence-corrected chi connectivity index (χ4v) is 3.01. The third-order valence-corrected chi connectivity index (χ3v) is 4.29. The molecule has 1 aromatic carbocycles. The molecule has 0 unspecified atom stereocenters. The Morgan fingerprint density at radius 1 is 1.38 bits per heavy atom. The molecule has 1 aromatic heterocycles. The van der Waals surface area contributed by atoms with Crippen LogP contribution in [0.4, 0.5) is 0 Å². The SMILES string of the molecule is CCc1nc([C@@H]2CCCN2C(=O)CC/C=C\c2ccccc2)no1. The first-order chi connectivity index (χ1) is 11.8. The molecule has 1 fully saturated rings. The summed E-state index contributed by atoms with van der Waals surface area (Å²) in [6.45, 7) is 2.76. The van der Waals surface area contributed by atoms with Crippen LogP contribution >= 0.6 is 0 Å². The second-order valence-electron chi connectivity index (χ2n) is 6.00. The van der Waals surface area contributed by atoms with E-state index in [4.69, 9.17) is 4.52 Å². The first-order valence-corrected chi connectivity index (χ1v) is 8.61. The minimum atomic E-state index is -0.0281. The van der Waals surface area contributed by atoms with Crippen molar-refractivity contribution in [2.45, 2.75) is 45.1 Å². The van der Waals surface area contributed by atoms with Crippen LogP contribution in [0.1, 0.15) is 55.9 Å². The fourth-order valence-electron chi connectivity index (χ4n) is 3.01. The first kappa shape index (κ1) is 16.4. The second kappa shape index (κ2) is 7.90. The van der Waals surface area contributed by atoms with Crippen molar-refractivity contribution in [3.63, 3.8) is 0 Å². The number of rotatable bonds is 6. The second-order valence-corrected chi connectivity index (χ2v) is 6.00. The number of carbonyl (C=O) groups excluding carboxylic acids is 1. The van der Waals surface area contributed by atoms with Gasteiger partial charge in [0.25, 0.3) is 0 Å². The van der Waals surface area contributed by atoms with E-state index in [0.717, 1.165) is 37.8 Å². The zero-order valence-electron chi connectivity index (χ0n) is 14.0. The summed E-state index contributed by atoms with van der Waals surface area (Å²) in [5.41, 5.74) is 1.16. The van der Waals surface area contributed by atoms with Crippen LogP contribution in [0.3, 0.4) is 0 Å². The van der Waals surface area contributed by atoms with Gasteiger partial charge in [0, 0.05) is 19.4 Å². The quantitative estimate of drug-likeness (QED) is 0.811. The van der Waals surface area contributed by atoms with Gasteiger partial charge in [-0.15, -0.1) is 0 Å². The Kier molecular flexibility index (Phi) is 5.41. The van der Waals surface area contributed by atoms with E-state index in [0.29, 0.717) is 18.1 Å². The van der Waals surface area contributed by atoms with Crippen LogP contribution in [-0.2, 0) is 11.2 Å². The van der Waals surface area contributed by atoms with Crippen molar-refractivity contribution in [2.24, 2.45) is 0 Å². The molecule has 2 heterocycles. The molecule has 126 valence electrons. The Bertz CT molecular complexity index is 694. The van der Waals surface area contributed by atoms with Crippen LogP contribution < -0.4 is 0 Å². The van der Waals surface area contributed by atoms with Gasteiger partial charge in [-0.1, -0.05) is 54.6 Å². The number of aryl methyl sites for hydroxylation is 1. The number of hydrogen-bond acceptors (Lipinski definition) is 4. The number of carbonyl (C=O) groups is 1. The van der Waals surface area contributed by atoms with Crippen molar-refractivity contribution >= 4 is 12.0 Å². The van der Waals surface area contributed by atoms with Gasteiger partial charge in [-0.2, -0.15) is 4.98 Å². The maximum atomic E-state index is 12.5. The number of benzene rings is 1. The van der Waals surface area contributed by atoms with Gasteiger partial charge in [0.05, 0.1) is 6.04 Å². The van der Waals surface area contributed by atoms with E-state index in [1.54, 1.807) is 0 Å². The Hall–Kier alpha value is -2.43. The van der Waals surface area contributed by atoms with Crippen LogP contribution in [0.25, 0.3) is 6.08 Å². The molecule has 1 atom stereocenters. The minimum Gasteiger partial charge on any atom is -0.339 e. The van der Waals surface area contributed by atoms with E-state index in [-0.39, 0.29) is 11.9 Å². The Morgan fingerprint density at radius 2 is 2.21 bits per heavy atom. The Balaban J connectivity index is 1.55. The molecule has 1 saturated heterocycles. The summed E-state index contributed by atoms with van der Waals surface area (Å²) in [6.07, 6.45) is 7.99. The molecule has 0 spiro atoms.